The van der Waals surface area contributed by atoms with Crippen molar-refractivity contribution in [1.82, 2.24) is 5.16 Å². The Morgan fingerprint density at radius 3 is 2.31 bits per heavy atom. The van der Waals surface area contributed by atoms with Crippen molar-refractivity contribution < 1.29 is 26.7 Å². The number of allylic oxidation sites excluding steroid dienone is 6. The van der Waals surface area contributed by atoms with Gasteiger partial charge in [-0.2, -0.15) is 18.2 Å². The van der Waals surface area contributed by atoms with Crippen LogP contribution in [0.2, 0.25) is 0 Å². The summed E-state index contributed by atoms with van der Waals surface area (Å²) >= 11 is 0. The van der Waals surface area contributed by atoms with E-state index < -0.39 is 0 Å². The molecule has 4 rings (SSSR count). The summed E-state index contributed by atoms with van der Waals surface area (Å²) in [6, 6.07) is 21.6. The molecule has 3 aromatic rings. The first-order valence-electron chi connectivity index (χ1n) is 7.98. The van der Waals surface area contributed by atoms with Gasteiger partial charge >= 0.3 is 0 Å². The van der Waals surface area contributed by atoms with E-state index in [4.69, 9.17) is 4.52 Å². The number of rotatable bonds is 3. The van der Waals surface area contributed by atoms with Crippen molar-refractivity contribution in [3.05, 3.63) is 114 Å². The third kappa shape index (κ3) is 5.55. The van der Waals surface area contributed by atoms with Gasteiger partial charge in [-0.3, -0.25) is 0 Å². The van der Waals surface area contributed by atoms with E-state index in [2.05, 4.69) is 5.16 Å². The molecule has 26 heavy (non-hydrogen) atoms. The van der Waals surface area contributed by atoms with Gasteiger partial charge in [-0.05, 0) is 12.2 Å². The summed E-state index contributed by atoms with van der Waals surface area (Å²) < 4.78 is 5.28. The van der Waals surface area contributed by atoms with E-state index in [1.807, 2.05) is 91.0 Å². The van der Waals surface area contributed by atoms with Gasteiger partial charge in [-0.1, -0.05) is 59.8 Å². The molecule has 0 atom stereocenters. The van der Waals surface area contributed by atoms with Gasteiger partial charge in [-0.15, -0.1) is 0 Å². The number of hydrogen-bond acceptors (Lipinski definition) is 3. The van der Waals surface area contributed by atoms with Crippen LogP contribution >= 0.6 is 0 Å². The Morgan fingerprint density at radius 1 is 1.00 bits per heavy atom. The zero-order valence-electron chi connectivity index (χ0n) is 14.0. The van der Waals surface area contributed by atoms with Crippen molar-refractivity contribution in [1.29, 1.82) is 0 Å². The molecule has 0 bridgehead atoms. The summed E-state index contributed by atoms with van der Waals surface area (Å²) in [7, 11) is 0. The Kier molecular flexibility index (Phi) is 7.56. The number of benzene rings is 1. The Hall–Kier alpha value is -2.94. The second-order valence-electron chi connectivity index (χ2n) is 5.34. The van der Waals surface area contributed by atoms with Gasteiger partial charge in [-0.25, -0.2) is 12.1 Å². The Bertz CT molecular complexity index is 870. The van der Waals surface area contributed by atoms with Crippen molar-refractivity contribution in [2.75, 3.05) is 0 Å². The van der Waals surface area contributed by atoms with E-state index in [1.165, 1.54) is 0 Å². The molecule has 3 nitrogen and oxygen atoms in total. The van der Waals surface area contributed by atoms with Crippen molar-refractivity contribution in [3.8, 4) is 11.3 Å². The minimum Gasteiger partial charge on any atom is -0.507 e. The fraction of sp³-hybridized carbons (Fsp3) is 0. The average Bonchev–Trinajstić information content (AvgIpc) is 3.45. The Balaban J connectivity index is 0.000000351. The number of nitrogens with zero attached hydrogens (tertiary/aromatic N) is 1. The molecule has 0 spiro atoms. The van der Waals surface area contributed by atoms with E-state index >= 15 is 0 Å². The minimum atomic E-state index is 0. The molecular weight excluding hydrogens is 366 g/mol. The smallest absolute Gasteiger partial charge is 0.167 e. The van der Waals surface area contributed by atoms with Crippen LogP contribution in [0, 0.1) is 0 Å². The van der Waals surface area contributed by atoms with Crippen LogP contribution in [0.4, 0.5) is 0 Å². The SMILES string of the molecule is OC(/C=C/c1cc(-c2ccccc2)on1)=C1C=CC=C1.[Fe].c1cc[cH-]c1. The van der Waals surface area contributed by atoms with Crippen LogP contribution in [0.3, 0.4) is 0 Å². The molecule has 1 aromatic heterocycles. The Labute approximate surface area is 163 Å². The molecule has 0 saturated heterocycles. The van der Waals surface area contributed by atoms with Gasteiger partial charge in [0.25, 0.3) is 0 Å². The third-order valence-corrected chi connectivity index (χ3v) is 3.51. The first kappa shape index (κ1) is 19.4. The van der Waals surface area contributed by atoms with E-state index in [-0.39, 0.29) is 22.8 Å². The van der Waals surface area contributed by atoms with Crippen LogP contribution in [0.15, 0.2) is 113 Å². The standard InChI is InChI=1S/C17H13NO2.C5H5.Fe/c19-16(13-6-4-5-7-13)11-10-15-12-17(20-18-15)14-8-2-1-3-9-14;1-2-4-5-3-1;/h1-12,19H;1-5H;/q;-1;/b11-10+;;. The molecule has 0 fully saturated rings. The fourth-order valence-electron chi connectivity index (χ4n) is 2.23. The van der Waals surface area contributed by atoms with E-state index in [9.17, 15) is 5.11 Å². The second kappa shape index (κ2) is 10.1. The molecule has 0 aliphatic heterocycles. The van der Waals surface area contributed by atoms with Crippen LogP contribution in [0.5, 0.6) is 0 Å². The van der Waals surface area contributed by atoms with E-state index in [0.29, 0.717) is 11.5 Å². The van der Waals surface area contributed by atoms with Crippen LogP contribution in [-0.4, -0.2) is 10.3 Å². The van der Waals surface area contributed by atoms with Crippen molar-refractivity contribution in [3.63, 3.8) is 0 Å². The number of aromatic nitrogens is 1. The quantitative estimate of drug-likeness (QED) is 0.358. The van der Waals surface area contributed by atoms with Gasteiger partial charge < -0.3 is 9.63 Å². The van der Waals surface area contributed by atoms with Crippen LogP contribution in [0.1, 0.15) is 5.69 Å². The van der Waals surface area contributed by atoms with Crippen LogP contribution < -0.4 is 0 Å². The topological polar surface area (TPSA) is 46.3 Å². The van der Waals surface area contributed by atoms with Gasteiger partial charge in [0.05, 0.1) is 0 Å². The van der Waals surface area contributed by atoms with Crippen LogP contribution in [0.25, 0.3) is 17.4 Å². The zero-order chi connectivity index (χ0) is 17.3. The summed E-state index contributed by atoms with van der Waals surface area (Å²) in [5, 5.41) is 13.8. The molecular formula is C22H18FeNO2-. The molecule has 0 unspecified atom stereocenters. The maximum Gasteiger partial charge on any atom is 0.167 e. The number of aliphatic hydroxyl groups excluding tert-OH is 1. The van der Waals surface area contributed by atoms with E-state index in [0.717, 1.165) is 11.1 Å². The van der Waals surface area contributed by atoms with Crippen molar-refractivity contribution in [2.24, 2.45) is 0 Å². The molecule has 0 saturated carbocycles. The average molecular weight is 384 g/mol. The van der Waals surface area contributed by atoms with Crippen molar-refractivity contribution in [2.45, 2.75) is 0 Å². The first-order chi connectivity index (χ1) is 12.3. The summed E-state index contributed by atoms with van der Waals surface area (Å²) in [6.45, 7) is 0. The first-order valence-corrected chi connectivity index (χ1v) is 7.98. The molecule has 132 valence electrons. The molecule has 1 heterocycles. The summed E-state index contributed by atoms with van der Waals surface area (Å²) in [6.07, 6.45) is 10.8. The van der Waals surface area contributed by atoms with Crippen LogP contribution in [-0.2, 0) is 17.1 Å². The third-order valence-electron chi connectivity index (χ3n) is 3.51. The summed E-state index contributed by atoms with van der Waals surface area (Å²) in [5.74, 6) is 0.914. The maximum atomic E-state index is 9.87. The van der Waals surface area contributed by atoms with Crippen molar-refractivity contribution >= 4 is 6.08 Å². The normalized spacial score (nSPS) is 11.9. The predicted molar refractivity (Wildman–Crippen MR) is 101 cm³/mol. The molecule has 2 aromatic carbocycles. The van der Waals surface area contributed by atoms with Gasteiger partial charge in [0.1, 0.15) is 11.5 Å². The van der Waals surface area contributed by atoms with Gasteiger partial charge in [0.2, 0.25) is 0 Å². The number of aliphatic hydroxyl groups is 1. The fourth-order valence-corrected chi connectivity index (χ4v) is 2.23. The molecule has 1 aliphatic carbocycles. The minimum absolute atomic E-state index is 0. The monoisotopic (exact) mass is 384 g/mol. The summed E-state index contributed by atoms with van der Waals surface area (Å²) in [4.78, 5) is 0. The predicted octanol–water partition coefficient (Wildman–Crippen LogP) is 5.70. The number of hydrogen-bond donors (Lipinski definition) is 1. The Morgan fingerprint density at radius 2 is 1.69 bits per heavy atom. The molecule has 0 amide bonds. The van der Waals surface area contributed by atoms with Gasteiger partial charge in [0, 0.05) is 34.3 Å². The second-order valence-corrected chi connectivity index (χ2v) is 5.34. The van der Waals surface area contributed by atoms with Gasteiger partial charge in [0.15, 0.2) is 5.76 Å². The largest absolute Gasteiger partial charge is 0.507 e. The summed E-state index contributed by atoms with van der Waals surface area (Å²) in [5.41, 5.74) is 2.43. The zero-order valence-corrected chi connectivity index (χ0v) is 15.1. The molecule has 1 aliphatic rings. The molecule has 1 N–H and O–H groups in total. The molecule has 4 heteroatoms. The van der Waals surface area contributed by atoms with E-state index in [1.54, 1.807) is 12.2 Å². The molecule has 0 radical (unpaired) electrons. The maximum absolute atomic E-state index is 9.87.